The summed E-state index contributed by atoms with van der Waals surface area (Å²) in [6.45, 7) is 3.11. The summed E-state index contributed by atoms with van der Waals surface area (Å²) in [5.74, 6) is 1.27. The van der Waals surface area contributed by atoms with Crippen molar-refractivity contribution < 1.29 is 22.3 Å². The Balaban J connectivity index is 2.09. The molecule has 0 unspecified atom stereocenters. The summed E-state index contributed by atoms with van der Waals surface area (Å²) in [7, 11) is 0. The van der Waals surface area contributed by atoms with Crippen molar-refractivity contribution in [3.8, 4) is 0 Å². The van der Waals surface area contributed by atoms with Gasteiger partial charge in [0.05, 0.1) is 18.8 Å². The van der Waals surface area contributed by atoms with Crippen LogP contribution in [0, 0.1) is 13.8 Å². The van der Waals surface area contributed by atoms with Gasteiger partial charge in [-0.3, -0.25) is 0 Å². The number of aromatic nitrogens is 1. The lowest BCUT2D eigenvalue weighted by atomic mass is 10.4. The van der Waals surface area contributed by atoms with Crippen LogP contribution in [-0.4, -0.2) is 30.9 Å². The number of ether oxygens (including phenoxy) is 1. The molecule has 0 atom stereocenters. The average Bonchev–Trinajstić information content (AvgIpc) is 2.50. The molecule has 0 fully saturated rings. The van der Waals surface area contributed by atoms with Crippen LogP contribution in [-0.2, 0) is 11.3 Å². The first-order chi connectivity index (χ1) is 7.88. The molecule has 0 aliphatic carbocycles. The van der Waals surface area contributed by atoms with Crippen LogP contribution in [0.5, 0.6) is 0 Å². The predicted molar refractivity (Wildman–Crippen MR) is 54.6 cm³/mol. The number of nitrogens with zero attached hydrogens (tertiary/aromatic N) is 1. The van der Waals surface area contributed by atoms with Gasteiger partial charge in [0, 0.05) is 6.54 Å². The van der Waals surface area contributed by atoms with Crippen LogP contribution >= 0.6 is 0 Å². The fourth-order valence-electron chi connectivity index (χ4n) is 1.14. The molecule has 98 valence electrons. The quantitative estimate of drug-likeness (QED) is 0.786. The number of nitrogens with one attached hydrogen (secondary N) is 1. The van der Waals surface area contributed by atoms with Gasteiger partial charge in [-0.15, -0.1) is 0 Å². The number of rotatable bonds is 6. The van der Waals surface area contributed by atoms with Gasteiger partial charge >= 0.3 is 6.18 Å². The molecule has 0 aromatic carbocycles. The highest BCUT2D eigenvalue weighted by molar-refractivity contribution is 5.04. The molecule has 1 heterocycles. The zero-order valence-corrected chi connectivity index (χ0v) is 9.73. The fraction of sp³-hybridized carbons (Fsp3) is 0.700. The Bertz CT molecular complexity index is 330. The van der Waals surface area contributed by atoms with Crippen LogP contribution in [0.1, 0.15) is 17.3 Å². The van der Waals surface area contributed by atoms with Gasteiger partial charge in [-0.1, -0.05) is 0 Å². The Morgan fingerprint density at radius 3 is 2.59 bits per heavy atom. The topological polar surface area (TPSA) is 47.3 Å². The smallest absolute Gasteiger partial charge is 0.411 e. The summed E-state index contributed by atoms with van der Waals surface area (Å²) >= 11 is 0. The molecule has 0 spiro atoms. The average molecular weight is 252 g/mol. The molecule has 17 heavy (non-hydrogen) atoms. The van der Waals surface area contributed by atoms with Gasteiger partial charge in [-0.2, -0.15) is 13.2 Å². The van der Waals surface area contributed by atoms with E-state index in [0.717, 1.165) is 11.5 Å². The molecule has 0 radical (unpaired) electrons. The molecule has 1 aromatic rings. The standard InChI is InChI=1S/C10H15F3N2O2/c1-7-8(2)17-9(15-7)5-14-3-4-16-6-10(11,12)13/h14H,3-6H2,1-2H3. The Morgan fingerprint density at radius 1 is 1.35 bits per heavy atom. The second-order valence-electron chi connectivity index (χ2n) is 3.59. The molecular formula is C10H15F3N2O2. The number of alkyl halides is 3. The second-order valence-corrected chi connectivity index (χ2v) is 3.59. The molecule has 0 aliphatic rings. The SMILES string of the molecule is Cc1nc(CNCCOCC(F)(F)F)oc1C. The van der Waals surface area contributed by atoms with Crippen LogP contribution in [0.25, 0.3) is 0 Å². The summed E-state index contributed by atoms with van der Waals surface area (Å²) in [6.07, 6.45) is -4.27. The minimum absolute atomic E-state index is 0.00180. The first kappa shape index (κ1) is 14.0. The Hall–Kier alpha value is -1.08. The maximum atomic E-state index is 11.7. The van der Waals surface area contributed by atoms with Gasteiger partial charge < -0.3 is 14.5 Å². The van der Waals surface area contributed by atoms with Gasteiger partial charge in [-0.05, 0) is 13.8 Å². The molecule has 1 N–H and O–H groups in total. The normalized spacial score (nSPS) is 12.1. The van der Waals surface area contributed by atoms with Crippen LogP contribution < -0.4 is 5.32 Å². The molecule has 1 rings (SSSR count). The van der Waals surface area contributed by atoms with E-state index in [-0.39, 0.29) is 6.61 Å². The largest absolute Gasteiger partial charge is 0.444 e. The van der Waals surface area contributed by atoms with Crippen molar-refractivity contribution in [1.29, 1.82) is 0 Å². The van der Waals surface area contributed by atoms with Crippen molar-refractivity contribution in [3.05, 3.63) is 17.3 Å². The first-order valence-electron chi connectivity index (χ1n) is 5.16. The molecule has 0 bridgehead atoms. The summed E-state index contributed by atoms with van der Waals surface area (Å²) in [4.78, 5) is 4.12. The number of oxazole rings is 1. The molecule has 7 heteroatoms. The van der Waals surface area contributed by atoms with Crippen molar-refractivity contribution in [1.82, 2.24) is 10.3 Å². The van der Waals surface area contributed by atoms with E-state index in [1.54, 1.807) is 6.92 Å². The van der Waals surface area contributed by atoms with E-state index in [2.05, 4.69) is 15.0 Å². The molecule has 0 saturated carbocycles. The molecule has 1 aromatic heterocycles. The lowest BCUT2D eigenvalue weighted by Gasteiger charge is -2.07. The van der Waals surface area contributed by atoms with Crippen molar-refractivity contribution in [3.63, 3.8) is 0 Å². The zero-order chi connectivity index (χ0) is 12.9. The minimum Gasteiger partial charge on any atom is -0.444 e. The van der Waals surface area contributed by atoms with Crippen LogP contribution in [0.15, 0.2) is 4.42 Å². The molecule has 0 aliphatic heterocycles. The maximum absolute atomic E-state index is 11.7. The molecular weight excluding hydrogens is 237 g/mol. The Labute approximate surface area is 97.2 Å². The number of aryl methyl sites for hydroxylation is 2. The molecule has 0 saturated heterocycles. The second kappa shape index (κ2) is 6.02. The third kappa shape index (κ3) is 5.69. The first-order valence-corrected chi connectivity index (χ1v) is 5.16. The highest BCUT2D eigenvalue weighted by atomic mass is 19.4. The minimum atomic E-state index is -4.27. The van der Waals surface area contributed by atoms with E-state index in [4.69, 9.17) is 4.42 Å². The van der Waals surface area contributed by atoms with Crippen molar-refractivity contribution in [2.45, 2.75) is 26.6 Å². The third-order valence-electron chi connectivity index (χ3n) is 2.04. The monoisotopic (exact) mass is 252 g/mol. The highest BCUT2D eigenvalue weighted by Crippen LogP contribution is 2.14. The number of hydrogen-bond acceptors (Lipinski definition) is 4. The van der Waals surface area contributed by atoms with Crippen LogP contribution in [0.4, 0.5) is 13.2 Å². The lowest BCUT2D eigenvalue weighted by molar-refractivity contribution is -0.173. The number of hydrogen-bond donors (Lipinski definition) is 1. The highest BCUT2D eigenvalue weighted by Gasteiger charge is 2.27. The van der Waals surface area contributed by atoms with Crippen molar-refractivity contribution in [2.24, 2.45) is 0 Å². The van der Waals surface area contributed by atoms with Gasteiger partial charge in [0.25, 0.3) is 0 Å². The van der Waals surface area contributed by atoms with E-state index in [1.165, 1.54) is 0 Å². The number of halogens is 3. The van der Waals surface area contributed by atoms with Crippen LogP contribution in [0.2, 0.25) is 0 Å². The summed E-state index contributed by atoms with van der Waals surface area (Å²) in [5, 5.41) is 2.88. The summed E-state index contributed by atoms with van der Waals surface area (Å²) < 4.78 is 44.8. The van der Waals surface area contributed by atoms with Crippen molar-refractivity contribution in [2.75, 3.05) is 19.8 Å². The van der Waals surface area contributed by atoms with Gasteiger partial charge in [-0.25, -0.2) is 4.98 Å². The fourth-order valence-corrected chi connectivity index (χ4v) is 1.14. The summed E-state index contributed by atoms with van der Waals surface area (Å²) in [6, 6.07) is 0. The van der Waals surface area contributed by atoms with Crippen LogP contribution in [0.3, 0.4) is 0 Å². The van der Waals surface area contributed by atoms with Crippen molar-refractivity contribution >= 4 is 0 Å². The molecule has 0 amide bonds. The lowest BCUT2D eigenvalue weighted by Crippen LogP contribution is -2.23. The van der Waals surface area contributed by atoms with Gasteiger partial charge in [0.1, 0.15) is 12.4 Å². The third-order valence-corrected chi connectivity index (χ3v) is 2.04. The van der Waals surface area contributed by atoms with E-state index < -0.39 is 12.8 Å². The Morgan fingerprint density at radius 2 is 2.06 bits per heavy atom. The van der Waals surface area contributed by atoms with E-state index in [1.807, 2.05) is 6.92 Å². The van der Waals surface area contributed by atoms with E-state index in [0.29, 0.717) is 19.0 Å². The van der Waals surface area contributed by atoms with Gasteiger partial charge in [0.15, 0.2) is 0 Å². The maximum Gasteiger partial charge on any atom is 0.411 e. The van der Waals surface area contributed by atoms with E-state index in [9.17, 15) is 13.2 Å². The predicted octanol–water partition coefficient (Wildman–Crippen LogP) is 1.96. The zero-order valence-electron chi connectivity index (χ0n) is 9.73. The summed E-state index contributed by atoms with van der Waals surface area (Å²) in [5.41, 5.74) is 0.815. The molecule has 4 nitrogen and oxygen atoms in total. The van der Waals surface area contributed by atoms with Gasteiger partial charge in [0.2, 0.25) is 5.89 Å². The van der Waals surface area contributed by atoms with E-state index >= 15 is 0 Å². The Kier molecular flexibility index (Phi) is 4.95.